The van der Waals surface area contributed by atoms with E-state index in [9.17, 15) is 4.79 Å². The summed E-state index contributed by atoms with van der Waals surface area (Å²) in [6.07, 6.45) is 1.48. The SMILES string of the molecule is CC(=O)Nc1cccc(Oc2ncnc3scc(-c4ccc(Cl)cc4)c23)c1. The van der Waals surface area contributed by atoms with Gasteiger partial charge in [-0.3, -0.25) is 4.79 Å². The number of rotatable bonds is 4. The molecule has 0 bridgehead atoms. The largest absolute Gasteiger partial charge is 0.438 e. The third-order valence-electron chi connectivity index (χ3n) is 3.86. The van der Waals surface area contributed by atoms with E-state index in [0.717, 1.165) is 21.3 Å². The minimum absolute atomic E-state index is 0.139. The molecule has 1 N–H and O–H groups in total. The van der Waals surface area contributed by atoms with Crippen molar-refractivity contribution >= 4 is 44.7 Å². The number of anilines is 1. The first-order chi connectivity index (χ1) is 13.1. The Morgan fingerprint density at radius 3 is 2.74 bits per heavy atom. The standard InChI is InChI=1S/C20H14ClN3O2S/c1-12(25)24-15-3-2-4-16(9-15)26-19-18-17(10-27-20(18)23-11-22-19)13-5-7-14(21)8-6-13/h2-11H,1H3,(H,24,25). The molecule has 0 saturated carbocycles. The molecular formula is C20H14ClN3O2S. The molecule has 27 heavy (non-hydrogen) atoms. The number of thiophene rings is 1. The van der Waals surface area contributed by atoms with Crippen LogP contribution in [0.15, 0.2) is 60.2 Å². The normalized spacial score (nSPS) is 10.7. The molecule has 2 aromatic carbocycles. The molecule has 0 aliphatic carbocycles. The molecule has 2 aromatic heterocycles. The second-order valence-corrected chi connectivity index (χ2v) is 7.12. The maximum absolute atomic E-state index is 11.3. The Morgan fingerprint density at radius 1 is 1.15 bits per heavy atom. The number of hydrogen-bond donors (Lipinski definition) is 1. The molecule has 7 heteroatoms. The summed E-state index contributed by atoms with van der Waals surface area (Å²) in [5.41, 5.74) is 2.66. The van der Waals surface area contributed by atoms with Gasteiger partial charge in [0.2, 0.25) is 11.8 Å². The summed E-state index contributed by atoms with van der Waals surface area (Å²) >= 11 is 7.53. The molecule has 4 rings (SSSR count). The molecule has 1 amide bonds. The van der Waals surface area contributed by atoms with Crippen LogP contribution in [0.1, 0.15) is 6.92 Å². The molecule has 2 heterocycles. The van der Waals surface area contributed by atoms with Crippen LogP contribution < -0.4 is 10.1 Å². The van der Waals surface area contributed by atoms with Gasteiger partial charge in [0.25, 0.3) is 0 Å². The highest BCUT2D eigenvalue weighted by atomic mass is 35.5. The molecule has 0 aliphatic heterocycles. The van der Waals surface area contributed by atoms with Gasteiger partial charge in [0.15, 0.2) is 0 Å². The molecule has 5 nitrogen and oxygen atoms in total. The molecular weight excluding hydrogens is 382 g/mol. The van der Waals surface area contributed by atoms with Gasteiger partial charge in [-0.05, 0) is 29.8 Å². The highest BCUT2D eigenvalue weighted by Crippen LogP contribution is 2.39. The summed E-state index contributed by atoms with van der Waals surface area (Å²) in [6.45, 7) is 1.46. The molecule has 0 fully saturated rings. The highest BCUT2D eigenvalue weighted by Gasteiger charge is 2.15. The number of aromatic nitrogens is 2. The predicted molar refractivity (Wildman–Crippen MR) is 109 cm³/mol. The third-order valence-corrected chi connectivity index (χ3v) is 5.00. The van der Waals surface area contributed by atoms with Crippen molar-refractivity contribution < 1.29 is 9.53 Å². The van der Waals surface area contributed by atoms with E-state index < -0.39 is 0 Å². The quantitative estimate of drug-likeness (QED) is 0.477. The second kappa shape index (κ2) is 7.34. The summed E-state index contributed by atoms with van der Waals surface area (Å²) < 4.78 is 6.04. The first-order valence-corrected chi connectivity index (χ1v) is 9.39. The van der Waals surface area contributed by atoms with Crippen LogP contribution in [0.25, 0.3) is 21.3 Å². The zero-order valence-corrected chi connectivity index (χ0v) is 15.8. The Kier molecular flexibility index (Phi) is 4.75. The van der Waals surface area contributed by atoms with Crippen LogP contribution in [0.3, 0.4) is 0 Å². The zero-order valence-electron chi connectivity index (χ0n) is 14.3. The van der Waals surface area contributed by atoms with Crippen molar-refractivity contribution in [1.29, 1.82) is 0 Å². The number of amides is 1. The molecule has 134 valence electrons. The Balaban J connectivity index is 1.75. The fourth-order valence-electron chi connectivity index (χ4n) is 2.72. The predicted octanol–water partition coefficient (Wildman–Crippen LogP) is 5.76. The highest BCUT2D eigenvalue weighted by molar-refractivity contribution is 7.17. The van der Waals surface area contributed by atoms with E-state index in [2.05, 4.69) is 15.3 Å². The van der Waals surface area contributed by atoms with E-state index in [0.29, 0.717) is 22.3 Å². The van der Waals surface area contributed by atoms with Crippen molar-refractivity contribution in [3.8, 4) is 22.8 Å². The van der Waals surface area contributed by atoms with Crippen LogP contribution in [0.4, 0.5) is 5.69 Å². The van der Waals surface area contributed by atoms with E-state index >= 15 is 0 Å². The van der Waals surface area contributed by atoms with Crippen LogP contribution in [0.2, 0.25) is 5.02 Å². The Hall–Kier alpha value is -2.96. The summed E-state index contributed by atoms with van der Waals surface area (Å²) in [4.78, 5) is 20.8. The molecule has 4 aromatic rings. The van der Waals surface area contributed by atoms with Gasteiger partial charge in [-0.25, -0.2) is 9.97 Å². The van der Waals surface area contributed by atoms with Gasteiger partial charge in [-0.2, -0.15) is 0 Å². The third kappa shape index (κ3) is 3.77. The lowest BCUT2D eigenvalue weighted by molar-refractivity contribution is -0.114. The molecule has 0 unspecified atom stereocenters. The number of halogens is 1. The maximum atomic E-state index is 11.3. The van der Waals surface area contributed by atoms with Crippen molar-refractivity contribution in [1.82, 2.24) is 9.97 Å². The van der Waals surface area contributed by atoms with Gasteiger partial charge in [0.1, 0.15) is 16.9 Å². The minimum Gasteiger partial charge on any atom is -0.438 e. The van der Waals surface area contributed by atoms with E-state index in [1.54, 1.807) is 12.1 Å². The Labute approximate surface area is 164 Å². The summed E-state index contributed by atoms with van der Waals surface area (Å²) in [5.74, 6) is 0.903. The maximum Gasteiger partial charge on any atom is 0.231 e. The first-order valence-electron chi connectivity index (χ1n) is 8.14. The van der Waals surface area contributed by atoms with E-state index in [1.807, 2.05) is 41.8 Å². The fourth-order valence-corrected chi connectivity index (χ4v) is 3.75. The smallest absolute Gasteiger partial charge is 0.231 e. The minimum atomic E-state index is -0.139. The van der Waals surface area contributed by atoms with Crippen molar-refractivity contribution in [3.05, 3.63) is 65.3 Å². The van der Waals surface area contributed by atoms with E-state index in [1.165, 1.54) is 24.6 Å². The van der Waals surface area contributed by atoms with Gasteiger partial charge in [0.05, 0.1) is 5.39 Å². The van der Waals surface area contributed by atoms with Crippen LogP contribution in [-0.2, 0) is 4.79 Å². The molecule has 0 aliphatic rings. The molecule has 0 saturated heterocycles. The van der Waals surface area contributed by atoms with Gasteiger partial charge in [-0.15, -0.1) is 11.3 Å². The number of fused-ring (bicyclic) bond motifs is 1. The fraction of sp³-hybridized carbons (Fsp3) is 0.0500. The number of carbonyl (C=O) groups excluding carboxylic acids is 1. The van der Waals surface area contributed by atoms with Crippen LogP contribution in [0.5, 0.6) is 11.6 Å². The van der Waals surface area contributed by atoms with Gasteiger partial charge >= 0.3 is 0 Å². The van der Waals surface area contributed by atoms with Crippen LogP contribution in [-0.4, -0.2) is 15.9 Å². The average Bonchev–Trinajstić information content (AvgIpc) is 3.07. The first kappa shape index (κ1) is 17.5. The monoisotopic (exact) mass is 395 g/mol. The summed E-state index contributed by atoms with van der Waals surface area (Å²) in [7, 11) is 0. The van der Waals surface area contributed by atoms with Gasteiger partial charge in [0, 0.05) is 34.6 Å². The van der Waals surface area contributed by atoms with Crippen molar-refractivity contribution in [2.24, 2.45) is 0 Å². The number of nitrogens with zero attached hydrogens (tertiary/aromatic N) is 2. The number of hydrogen-bond acceptors (Lipinski definition) is 5. The lowest BCUT2D eigenvalue weighted by Gasteiger charge is -2.09. The van der Waals surface area contributed by atoms with Crippen molar-refractivity contribution in [2.75, 3.05) is 5.32 Å². The summed E-state index contributed by atoms with van der Waals surface area (Å²) in [6, 6.07) is 14.8. The number of benzene rings is 2. The van der Waals surface area contributed by atoms with E-state index in [4.69, 9.17) is 16.3 Å². The number of nitrogens with one attached hydrogen (secondary N) is 1. The topological polar surface area (TPSA) is 64.1 Å². The van der Waals surface area contributed by atoms with Crippen molar-refractivity contribution in [2.45, 2.75) is 6.92 Å². The van der Waals surface area contributed by atoms with Gasteiger partial charge < -0.3 is 10.1 Å². The summed E-state index contributed by atoms with van der Waals surface area (Å²) in [5, 5.41) is 6.30. The number of carbonyl (C=O) groups is 1. The lowest BCUT2D eigenvalue weighted by Crippen LogP contribution is -2.05. The Bertz CT molecular complexity index is 1130. The average molecular weight is 396 g/mol. The van der Waals surface area contributed by atoms with Crippen molar-refractivity contribution in [3.63, 3.8) is 0 Å². The van der Waals surface area contributed by atoms with Crippen LogP contribution >= 0.6 is 22.9 Å². The van der Waals surface area contributed by atoms with E-state index in [-0.39, 0.29) is 5.91 Å². The van der Waals surface area contributed by atoms with Gasteiger partial charge in [-0.1, -0.05) is 29.8 Å². The lowest BCUT2D eigenvalue weighted by atomic mass is 10.1. The zero-order chi connectivity index (χ0) is 18.8. The molecule has 0 spiro atoms. The molecule has 0 atom stereocenters. The number of ether oxygens (including phenoxy) is 1. The molecule has 0 radical (unpaired) electrons. The van der Waals surface area contributed by atoms with Crippen LogP contribution in [0, 0.1) is 0 Å². The Morgan fingerprint density at radius 2 is 1.96 bits per heavy atom. The second-order valence-electron chi connectivity index (χ2n) is 5.83.